The van der Waals surface area contributed by atoms with Crippen molar-refractivity contribution in [3.05, 3.63) is 82.5 Å². The van der Waals surface area contributed by atoms with Gasteiger partial charge in [0.1, 0.15) is 5.82 Å². The lowest BCUT2D eigenvalue weighted by atomic mass is 9.89. The number of halogens is 1. The predicted molar refractivity (Wildman–Crippen MR) is 126 cm³/mol. The maximum atomic E-state index is 12.5. The van der Waals surface area contributed by atoms with Gasteiger partial charge in [0, 0.05) is 39.9 Å². The van der Waals surface area contributed by atoms with Crippen LogP contribution in [-0.2, 0) is 16.0 Å². The molecule has 1 aromatic heterocycles. The predicted octanol–water partition coefficient (Wildman–Crippen LogP) is 4.63. The monoisotopic (exact) mass is 492 g/mol. The Labute approximate surface area is 193 Å². The van der Waals surface area contributed by atoms with Gasteiger partial charge in [-0.25, -0.2) is 4.98 Å². The molecular formula is C24H21BrN4O3. The second-order valence-corrected chi connectivity index (χ2v) is 8.45. The number of fused-ring (bicyclic) bond motifs is 1. The van der Waals surface area contributed by atoms with Gasteiger partial charge in [-0.05, 0) is 70.7 Å². The number of amides is 3. The van der Waals surface area contributed by atoms with Crippen molar-refractivity contribution in [3.63, 3.8) is 0 Å². The summed E-state index contributed by atoms with van der Waals surface area (Å²) >= 11 is 3.30. The smallest absolute Gasteiger partial charge is 0.256 e. The summed E-state index contributed by atoms with van der Waals surface area (Å²) in [5.41, 5.74) is 2.84. The molecule has 0 fully saturated rings. The SMILES string of the molecule is O=C(CCC1Cc2ccccc2NC1=O)Nc1cccc(C(=O)Nc2ccc(Br)cn2)c1. The minimum absolute atomic E-state index is 0.0586. The van der Waals surface area contributed by atoms with E-state index in [1.807, 2.05) is 24.3 Å². The molecule has 0 saturated carbocycles. The standard InChI is InChI=1S/C24H21BrN4O3/c25-18-9-10-21(26-14-18)29-24(32)16-5-3-6-19(13-16)27-22(30)11-8-17-12-15-4-1-2-7-20(15)28-23(17)31/h1-7,9-10,13-14,17H,8,11-12H2,(H,27,30)(H,28,31)(H,26,29,32). The summed E-state index contributed by atoms with van der Waals surface area (Å²) in [5.74, 6) is -0.403. The number of hydrogen-bond acceptors (Lipinski definition) is 4. The van der Waals surface area contributed by atoms with Crippen LogP contribution >= 0.6 is 15.9 Å². The van der Waals surface area contributed by atoms with Crippen LogP contribution in [-0.4, -0.2) is 22.7 Å². The van der Waals surface area contributed by atoms with E-state index in [1.165, 1.54) is 0 Å². The summed E-state index contributed by atoms with van der Waals surface area (Å²) in [6.45, 7) is 0. The Morgan fingerprint density at radius 2 is 1.91 bits per heavy atom. The van der Waals surface area contributed by atoms with Crippen molar-refractivity contribution in [1.29, 1.82) is 0 Å². The molecule has 7 nitrogen and oxygen atoms in total. The molecule has 1 atom stereocenters. The zero-order valence-corrected chi connectivity index (χ0v) is 18.7. The average Bonchev–Trinajstić information content (AvgIpc) is 2.79. The molecule has 3 amide bonds. The number of anilines is 3. The first-order chi connectivity index (χ1) is 15.5. The first-order valence-corrected chi connectivity index (χ1v) is 11.0. The van der Waals surface area contributed by atoms with Gasteiger partial charge in [0.25, 0.3) is 5.91 Å². The molecule has 0 radical (unpaired) electrons. The van der Waals surface area contributed by atoms with Gasteiger partial charge in [-0.15, -0.1) is 0 Å². The summed E-state index contributed by atoms with van der Waals surface area (Å²) < 4.78 is 0.815. The average molecular weight is 493 g/mol. The van der Waals surface area contributed by atoms with Crippen LogP contribution in [0.25, 0.3) is 0 Å². The molecule has 0 spiro atoms. The number of pyridine rings is 1. The molecule has 1 aliphatic rings. The third-order valence-electron chi connectivity index (χ3n) is 5.21. The Hall–Kier alpha value is -3.52. The molecule has 0 aliphatic carbocycles. The van der Waals surface area contributed by atoms with E-state index in [0.717, 1.165) is 15.7 Å². The van der Waals surface area contributed by atoms with Gasteiger partial charge in [0.15, 0.2) is 0 Å². The number of para-hydroxylation sites is 1. The van der Waals surface area contributed by atoms with E-state index in [1.54, 1.807) is 42.6 Å². The fourth-order valence-electron chi connectivity index (χ4n) is 3.55. The number of benzene rings is 2. The molecule has 0 bridgehead atoms. The molecule has 1 unspecified atom stereocenters. The molecule has 4 rings (SSSR count). The topological polar surface area (TPSA) is 100 Å². The minimum Gasteiger partial charge on any atom is -0.326 e. The van der Waals surface area contributed by atoms with E-state index in [0.29, 0.717) is 29.9 Å². The number of aromatic nitrogens is 1. The number of rotatable bonds is 6. The first kappa shape index (κ1) is 21.7. The first-order valence-electron chi connectivity index (χ1n) is 10.2. The highest BCUT2D eigenvalue weighted by Gasteiger charge is 2.26. The van der Waals surface area contributed by atoms with E-state index in [9.17, 15) is 14.4 Å². The van der Waals surface area contributed by atoms with Crippen molar-refractivity contribution in [1.82, 2.24) is 4.98 Å². The lowest BCUT2D eigenvalue weighted by Gasteiger charge is -2.24. The summed E-state index contributed by atoms with van der Waals surface area (Å²) in [6.07, 6.45) is 2.87. The van der Waals surface area contributed by atoms with Crippen molar-refractivity contribution in [2.24, 2.45) is 5.92 Å². The van der Waals surface area contributed by atoms with Gasteiger partial charge >= 0.3 is 0 Å². The van der Waals surface area contributed by atoms with E-state index in [4.69, 9.17) is 0 Å². The molecular weight excluding hydrogens is 472 g/mol. The zero-order valence-electron chi connectivity index (χ0n) is 17.1. The molecule has 8 heteroatoms. The second-order valence-electron chi connectivity index (χ2n) is 7.53. The highest BCUT2D eigenvalue weighted by atomic mass is 79.9. The van der Waals surface area contributed by atoms with Crippen LogP contribution in [0.1, 0.15) is 28.8 Å². The third kappa shape index (κ3) is 5.39. The number of nitrogens with one attached hydrogen (secondary N) is 3. The van der Waals surface area contributed by atoms with Gasteiger partial charge in [-0.2, -0.15) is 0 Å². The number of nitrogens with zero attached hydrogens (tertiary/aromatic N) is 1. The van der Waals surface area contributed by atoms with Crippen LogP contribution in [0.15, 0.2) is 71.3 Å². The molecule has 1 aliphatic heterocycles. The quantitative estimate of drug-likeness (QED) is 0.467. The van der Waals surface area contributed by atoms with Gasteiger partial charge in [-0.3, -0.25) is 14.4 Å². The fraction of sp³-hybridized carbons (Fsp3) is 0.167. The third-order valence-corrected chi connectivity index (χ3v) is 5.68. The van der Waals surface area contributed by atoms with E-state index in [-0.39, 0.29) is 30.1 Å². The Kier molecular flexibility index (Phi) is 6.61. The highest BCUT2D eigenvalue weighted by molar-refractivity contribution is 9.10. The second kappa shape index (κ2) is 9.74. The van der Waals surface area contributed by atoms with Crippen molar-refractivity contribution in [2.45, 2.75) is 19.3 Å². The van der Waals surface area contributed by atoms with Crippen LogP contribution in [0, 0.1) is 5.92 Å². The maximum absolute atomic E-state index is 12.5. The lowest BCUT2D eigenvalue weighted by molar-refractivity contribution is -0.121. The van der Waals surface area contributed by atoms with Crippen molar-refractivity contribution in [2.75, 3.05) is 16.0 Å². The number of hydrogen-bond donors (Lipinski definition) is 3. The Balaban J connectivity index is 1.32. The van der Waals surface area contributed by atoms with Crippen LogP contribution < -0.4 is 16.0 Å². The van der Waals surface area contributed by atoms with Crippen molar-refractivity contribution >= 4 is 50.8 Å². The van der Waals surface area contributed by atoms with Gasteiger partial charge < -0.3 is 16.0 Å². The van der Waals surface area contributed by atoms with Gasteiger partial charge in [-0.1, -0.05) is 24.3 Å². The largest absolute Gasteiger partial charge is 0.326 e. The zero-order chi connectivity index (χ0) is 22.5. The highest BCUT2D eigenvalue weighted by Crippen LogP contribution is 2.27. The molecule has 2 aromatic carbocycles. The van der Waals surface area contributed by atoms with Crippen LogP contribution in [0.5, 0.6) is 0 Å². The molecule has 0 saturated heterocycles. The lowest BCUT2D eigenvalue weighted by Crippen LogP contribution is -2.30. The fourth-order valence-corrected chi connectivity index (χ4v) is 3.79. The Morgan fingerprint density at radius 1 is 1.06 bits per heavy atom. The summed E-state index contributed by atoms with van der Waals surface area (Å²) in [4.78, 5) is 41.4. The minimum atomic E-state index is -0.325. The van der Waals surface area contributed by atoms with Crippen LogP contribution in [0.3, 0.4) is 0 Å². The maximum Gasteiger partial charge on any atom is 0.256 e. The number of carbonyl (C=O) groups excluding carboxylic acids is 3. The van der Waals surface area contributed by atoms with Crippen LogP contribution in [0.4, 0.5) is 17.2 Å². The number of carbonyl (C=O) groups is 3. The van der Waals surface area contributed by atoms with Crippen molar-refractivity contribution in [3.8, 4) is 0 Å². The Morgan fingerprint density at radius 3 is 2.72 bits per heavy atom. The van der Waals surface area contributed by atoms with E-state index < -0.39 is 0 Å². The summed E-state index contributed by atoms with van der Waals surface area (Å²) in [6, 6.07) is 17.9. The van der Waals surface area contributed by atoms with E-state index >= 15 is 0 Å². The molecule has 3 aromatic rings. The van der Waals surface area contributed by atoms with Crippen LogP contribution in [0.2, 0.25) is 0 Å². The normalized spacial score (nSPS) is 14.8. The van der Waals surface area contributed by atoms with Crippen molar-refractivity contribution < 1.29 is 14.4 Å². The van der Waals surface area contributed by atoms with E-state index in [2.05, 4.69) is 36.9 Å². The molecule has 32 heavy (non-hydrogen) atoms. The molecule has 3 N–H and O–H groups in total. The van der Waals surface area contributed by atoms with Gasteiger partial charge in [0.2, 0.25) is 11.8 Å². The Bertz CT molecular complexity index is 1160. The summed E-state index contributed by atoms with van der Waals surface area (Å²) in [7, 11) is 0. The molecule has 162 valence electrons. The summed E-state index contributed by atoms with van der Waals surface area (Å²) in [5, 5.41) is 8.43. The van der Waals surface area contributed by atoms with Gasteiger partial charge in [0.05, 0.1) is 0 Å². The molecule has 2 heterocycles.